The SMILES string of the molecule is CC(C)(C)c1cc2c(c(C(C)(C)C)c1)C(c1ccccc1)(c1ccccc1)c1cccc(N(c3ccc(-c4ccccc4)cc3)c3ccc4c(c3)C(C)(C)c3ccccc3-4)c1-2. The summed E-state index contributed by atoms with van der Waals surface area (Å²) in [6, 6.07) is 70.8. The van der Waals surface area contributed by atoms with Gasteiger partial charge in [0.25, 0.3) is 0 Å². The predicted octanol–water partition coefficient (Wildman–Crippen LogP) is 16.1. The molecular weight excluding hydrogens is 735 g/mol. The van der Waals surface area contributed by atoms with Crippen LogP contribution in [0.1, 0.15) is 99.9 Å². The first kappa shape index (κ1) is 38.7. The molecule has 1 nitrogen and oxygen atoms in total. The van der Waals surface area contributed by atoms with Crippen LogP contribution in [0.2, 0.25) is 0 Å². The van der Waals surface area contributed by atoms with Crippen LogP contribution in [0.4, 0.5) is 17.1 Å². The van der Waals surface area contributed by atoms with Gasteiger partial charge in [-0.1, -0.05) is 213 Å². The molecular formula is C60H55N. The maximum absolute atomic E-state index is 2.54. The third-order valence-corrected chi connectivity index (χ3v) is 13.6. The first-order valence-corrected chi connectivity index (χ1v) is 21.9. The lowest BCUT2D eigenvalue weighted by Crippen LogP contribution is -2.32. The molecule has 0 saturated carbocycles. The van der Waals surface area contributed by atoms with E-state index in [-0.39, 0.29) is 16.2 Å². The Bertz CT molecular complexity index is 2880. The molecule has 61 heavy (non-hydrogen) atoms. The average molecular weight is 790 g/mol. The van der Waals surface area contributed by atoms with Crippen LogP contribution in [0.5, 0.6) is 0 Å². The Hall–Kier alpha value is -6.44. The van der Waals surface area contributed by atoms with E-state index in [1.54, 1.807) is 0 Å². The van der Waals surface area contributed by atoms with Crippen LogP contribution in [0.15, 0.2) is 188 Å². The fraction of sp³-hybridized carbons (Fsp3) is 0.200. The highest BCUT2D eigenvalue weighted by atomic mass is 15.1. The predicted molar refractivity (Wildman–Crippen MR) is 259 cm³/mol. The molecule has 2 aliphatic rings. The topological polar surface area (TPSA) is 3.24 Å². The Morgan fingerprint density at radius 3 is 1.57 bits per heavy atom. The van der Waals surface area contributed by atoms with Gasteiger partial charge in [-0.15, -0.1) is 0 Å². The summed E-state index contributed by atoms with van der Waals surface area (Å²) < 4.78 is 0. The van der Waals surface area contributed by atoms with E-state index in [1.807, 2.05) is 0 Å². The van der Waals surface area contributed by atoms with E-state index < -0.39 is 5.41 Å². The number of rotatable bonds is 6. The van der Waals surface area contributed by atoms with Gasteiger partial charge in [-0.05, 0) is 113 Å². The monoisotopic (exact) mass is 789 g/mol. The van der Waals surface area contributed by atoms with Gasteiger partial charge in [0.1, 0.15) is 0 Å². The van der Waals surface area contributed by atoms with Crippen LogP contribution in [0.25, 0.3) is 33.4 Å². The highest BCUT2D eigenvalue weighted by Gasteiger charge is 2.50. The van der Waals surface area contributed by atoms with E-state index in [0.29, 0.717) is 0 Å². The van der Waals surface area contributed by atoms with Gasteiger partial charge in [-0.2, -0.15) is 0 Å². The minimum absolute atomic E-state index is 0.0671. The van der Waals surface area contributed by atoms with Crippen molar-refractivity contribution in [2.45, 2.75) is 77.0 Å². The summed E-state index contributed by atoms with van der Waals surface area (Å²) >= 11 is 0. The zero-order chi connectivity index (χ0) is 42.3. The van der Waals surface area contributed by atoms with E-state index in [9.17, 15) is 0 Å². The number of benzene rings is 8. The molecule has 0 aromatic heterocycles. The molecule has 0 aliphatic heterocycles. The lowest BCUT2D eigenvalue weighted by Gasteiger charge is -2.38. The van der Waals surface area contributed by atoms with E-state index in [4.69, 9.17) is 0 Å². The van der Waals surface area contributed by atoms with Crippen molar-refractivity contribution < 1.29 is 0 Å². The molecule has 0 fully saturated rings. The van der Waals surface area contributed by atoms with Crippen molar-refractivity contribution in [1.29, 1.82) is 0 Å². The van der Waals surface area contributed by atoms with Gasteiger partial charge in [-0.25, -0.2) is 0 Å². The van der Waals surface area contributed by atoms with Crippen molar-refractivity contribution in [3.8, 4) is 33.4 Å². The van der Waals surface area contributed by atoms with Gasteiger partial charge in [-0.3, -0.25) is 0 Å². The Balaban J connectivity index is 1.32. The molecule has 0 atom stereocenters. The van der Waals surface area contributed by atoms with Gasteiger partial charge in [0.2, 0.25) is 0 Å². The summed E-state index contributed by atoms with van der Waals surface area (Å²) in [6.45, 7) is 19.0. The summed E-state index contributed by atoms with van der Waals surface area (Å²) in [4.78, 5) is 2.54. The van der Waals surface area contributed by atoms with Crippen LogP contribution >= 0.6 is 0 Å². The zero-order valence-electron chi connectivity index (χ0n) is 36.8. The third-order valence-electron chi connectivity index (χ3n) is 13.6. The molecule has 8 aromatic carbocycles. The second-order valence-electron chi connectivity index (χ2n) is 19.8. The van der Waals surface area contributed by atoms with Crippen molar-refractivity contribution in [2.75, 3.05) is 4.90 Å². The van der Waals surface area contributed by atoms with Crippen molar-refractivity contribution in [3.63, 3.8) is 0 Å². The normalized spacial score (nSPS) is 14.5. The first-order valence-electron chi connectivity index (χ1n) is 21.9. The van der Waals surface area contributed by atoms with Gasteiger partial charge >= 0.3 is 0 Å². The molecule has 8 aromatic rings. The number of fused-ring (bicyclic) bond motifs is 6. The molecule has 0 unspecified atom stereocenters. The van der Waals surface area contributed by atoms with Gasteiger partial charge < -0.3 is 4.90 Å². The lowest BCUT2D eigenvalue weighted by molar-refractivity contribution is 0.557. The maximum atomic E-state index is 2.54. The molecule has 10 rings (SSSR count). The number of anilines is 3. The minimum atomic E-state index is -0.563. The molecule has 0 saturated heterocycles. The highest BCUT2D eigenvalue weighted by molar-refractivity contribution is 5.99. The van der Waals surface area contributed by atoms with Gasteiger partial charge in [0.15, 0.2) is 0 Å². The largest absolute Gasteiger partial charge is 0.310 e. The van der Waals surface area contributed by atoms with Crippen LogP contribution in [-0.2, 0) is 21.7 Å². The molecule has 0 N–H and O–H groups in total. The van der Waals surface area contributed by atoms with Gasteiger partial charge in [0, 0.05) is 22.4 Å². The Morgan fingerprint density at radius 1 is 0.410 bits per heavy atom. The quantitative estimate of drug-likeness (QED) is 0.162. The van der Waals surface area contributed by atoms with Crippen molar-refractivity contribution in [2.24, 2.45) is 0 Å². The van der Waals surface area contributed by atoms with Crippen molar-refractivity contribution in [3.05, 3.63) is 233 Å². The molecule has 2 aliphatic carbocycles. The summed E-state index contributed by atoms with van der Waals surface area (Å²) in [5.74, 6) is 0. The van der Waals surface area contributed by atoms with Crippen LogP contribution < -0.4 is 4.90 Å². The fourth-order valence-electron chi connectivity index (χ4n) is 10.6. The van der Waals surface area contributed by atoms with Crippen molar-refractivity contribution in [1.82, 2.24) is 0 Å². The van der Waals surface area contributed by atoms with E-state index in [0.717, 1.165) is 11.4 Å². The minimum Gasteiger partial charge on any atom is -0.310 e. The summed E-state index contributed by atoms with van der Waals surface area (Å²) in [7, 11) is 0. The molecule has 0 heterocycles. The number of hydrogen-bond donors (Lipinski definition) is 0. The summed E-state index contributed by atoms with van der Waals surface area (Å²) in [5, 5.41) is 0. The Labute approximate surface area is 363 Å². The summed E-state index contributed by atoms with van der Waals surface area (Å²) in [6.07, 6.45) is 0. The maximum Gasteiger partial charge on any atom is 0.0717 e. The van der Waals surface area contributed by atoms with E-state index in [2.05, 4.69) is 248 Å². The van der Waals surface area contributed by atoms with Crippen molar-refractivity contribution >= 4 is 17.1 Å². The summed E-state index contributed by atoms with van der Waals surface area (Å²) in [5.41, 5.74) is 21.0. The third kappa shape index (κ3) is 6.04. The van der Waals surface area contributed by atoms with Crippen LogP contribution in [0, 0.1) is 0 Å². The zero-order valence-corrected chi connectivity index (χ0v) is 36.8. The Morgan fingerprint density at radius 2 is 0.951 bits per heavy atom. The van der Waals surface area contributed by atoms with Gasteiger partial charge in [0.05, 0.1) is 11.1 Å². The standard InChI is InChI=1S/C60H55N/c1-57(2,3)44-37-49-55-51(60(42-23-14-10-15-24-42,43-25-16-11-17-26-43)56(49)53(38-44)58(4,5)6)29-20-30-54(55)61(45-33-31-41(32-34-45)40-21-12-9-13-22-40)46-35-36-48-47-27-18-19-28-50(47)59(7,8)52(48)39-46/h9-39H,1-8H3. The van der Waals surface area contributed by atoms with E-state index >= 15 is 0 Å². The molecule has 0 spiro atoms. The second kappa shape index (κ2) is 14.1. The second-order valence-corrected chi connectivity index (χ2v) is 19.8. The van der Waals surface area contributed by atoms with Crippen LogP contribution in [0.3, 0.4) is 0 Å². The average Bonchev–Trinajstić information content (AvgIpc) is 3.70. The highest BCUT2D eigenvalue weighted by Crippen LogP contribution is 2.62. The fourth-order valence-corrected chi connectivity index (χ4v) is 10.6. The molecule has 0 amide bonds. The van der Waals surface area contributed by atoms with E-state index in [1.165, 1.54) is 83.6 Å². The molecule has 0 radical (unpaired) electrons. The Kier molecular flexibility index (Phi) is 8.93. The number of hydrogen-bond acceptors (Lipinski definition) is 1. The number of nitrogens with zero attached hydrogens (tertiary/aromatic N) is 1. The molecule has 300 valence electrons. The first-order chi connectivity index (χ1) is 29.3. The molecule has 1 heteroatoms. The smallest absolute Gasteiger partial charge is 0.0717 e. The lowest BCUT2D eigenvalue weighted by atomic mass is 9.63. The van der Waals surface area contributed by atoms with Crippen LogP contribution in [-0.4, -0.2) is 0 Å². The molecule has 0 bridgehead atoms.